The topological polar surface area (TPSA) is 43.4 Å². The van der Waals surface area contributed by atoms with Crippen LogP contribution in [0.25, 0.3) is 0 Å². The largest absolute Gasteiger partial charge is 0.468 e. The van der Waals surface area contributed by atoms with E-state index in [1.807, 2.05) is 19.1 Å². The molecule has 0 aromatic heterocycles. The Morgan fingerprint density at radius 2 is 1.95 bits per heavy atom. The Morgan fingerprint density at radius 1 is 1.32 bits per heavy atom. The number of Topliss-reactive ketones (excluding diaryl/α,β-unsaturated/α-hetero) is 1. The highest BCUT2D eigenvalue weighted by Gasteiger charge is 2.27. The first-order chi connectivity index (χ1) is 9.10. The van der Waals surface area contributed by atoms with Gasteiger partial charge < -0.3 is 4.74 Å². The smallest absolute Gasteiger partial charge is 0.316 e. The van der Waals surface area contributed by atoms with E-state index >= 15 is 0 Å². The fourth-order valence-corrected chi connectivity index (χ4v) is 1.83. The van der Waals surface area contributed by atoms with Crippen molar-refractivity contribution in [3.05, 3.63) is 35.4 Å². The van der Waals surface area contributed by atoms with Crippen molar-refractivity contribution < 1.29 is 14.3 Å². The van der Waals surface area contributed by atoms with Crippen LogP contribution in [0.1, 0.15) is 35.2 Å². The molecule has 100 valence electrons. The Morgan fingerprint density at radius 3 is 2.47 bits per heavy atom. The lowest BCUT2D eigenvalue weighted by Crippen LogP contribution is -2.25. The molecular formula is C16H18O3. The summed E-state index contributed by atoms with van der Waals surface area (Å²) in [4.78, 5) is 24.0. The lowest BCUT2D eigenvalue weighted by Gasteiger charge is -2.13. The second kappa shape index (κ2) is 7.38. The third-order valence-electron chi connectivity index (χ3n) is 2.95. The minimum atomic E-state index is -0.763. The van der Waals surface area contributed by atoms with Gasteiger partial charge in [0.15, 0.2) is 5.78 Å². The van der Waals surface area contributed by atoms with Gasteiger partial charge in [-0.05, 0) is 19.8 Å². The highest BCUT2D eigenvalue weighted by molar-refractivity contribution is 6.08. The van der Waals surface area contributed by atoms with Gasteiger partial charge in [-0.25, -0.2) is 0 Å². The maximum Gasteiger partial charge on any atom is 0.316 e. The van der Waals surface area contributed by atoms with Gasteiger partial charge in [-0.15, -0.1) is 12.3 Å². The molecule has 0 saturated carbocycles. The zero-order chi connectivity index (χ0) is 14.3. The van der Waals surface area contributed by atoms with Crippen LogP contribution in [0.15, 0.2) is 24.3 Å². The molecule has 1 aromatic carbocycles. The molecule has 0 aliphatic rings. The zero-order valence-electron chi connectivity index (χ0n) is 11.3. The van der Waals surface area contributed by atoms with Crippen LogP contribution in [-0.4, -0.2) is 18.9 Å². The number of methoxy groups -OCH3 is 1. The summed E-state index contributed by atoms with van der Waals surface area (Å²) in [7, 11) is 1.29. The van der Waals surface area contributed by atoms with Gasteiger partial charge in [-0.3, -0.25) is 9.59 Å². The van der Waals surface area contributed by atoms with Crippen LogP contribution < -0.4 is 0 Å². The number of ether oxygens (including phenoxy) is 1. The molecular weight excluding hydrogens is 240 g/mol. The molecule has 1 rings (SSSR count). The van der Waals surface area contributed by atoms with E-state index in [1.165, 1.54) is 7.11 Å². The number of carbonyl (C=O) groups is 2. The monoisotopic (exact) mass is 258 g/mol. The first-order valence-corrected chi connectivity index (χ1v) is 6.22. The predicted octanol–water partition coefficient (Wildman–Crippen LogP) is 2.77. The molecule has 0 bridgehead atoms. The fraction of sp³-hybridized carbons (Fsp3) is 0.375. The second-order valence-corrected chi connectivity index (χ2v) is 4.40. The van der Waals surface area contributed by atoms with Gasteiger partial charge >= 0.3 is 5.97 Å². The Labute approximate surface area is 114 Å². The summed E-state index contributed by atoms with van der Waals surface area (Å²) in [6, 6.07) is 7.16. The van der Waals surface area contributed by atoms with Gasteiger partial charge in [0.1, 0.15) is 5.92 Å². The van der Waals surface area contributed by atoms with Crippen molar-refractivity contribution in [2.24, 2.45) is 5.92 Å². The normalized spacial score (nSPS) is 11.4. The van der Waals surface area contributed by atoms with Gasteiger partial charge in [0.25, 0.3) is 0 Å². The van der Waals surface area contributed by atoms with Crippen LogP contribution in [0.4, 0.5) is 0 Å². The number of unbranched alkanes of at least 4 members (excludes halogenated alkanes) is 1. The number of aryl methyl sites for hydroxylation is 1. The highest BCUT2D eigenvalue weighted by atomic mass is 16.5. The van der Waals surface area contributed by atoms with Crippen LogP contribution >= 0.6 is 0 Å². The Balaban J connectivity index is 2.84. The van der Waals surface area contributed by atoms with Crippen LogP contribution in [0.5, 0.6) is 0 Å². The van der Waals surface area contributed by atoms with Crippen molar-refractivity contribution in [1.82, 2.24) is 0 Å². The number of terminal acetylenes is 1. The van der Waals surface area contributed by atoms with Gasteiger partial charge in [-0.1, -0.05) is 29.8 Å². The molecule has 0 heterocycles. The van der Waals surface area contributed by atoms with Crippen molar-refractivity contribution in [2.45, 2.75) is 26.2 Å². The molecule has 0 aliphatic carbocycles. The van der Waals surface area contributed by atoms with Crippen molar-refractivity contribution in [2.75, 3.05) is 7.11 Å². The van der Waals surface area contributed by atoms with Crippen LogP contribution in [-0.2, 0) is 9.53 Å². The van der Waals surface area contributed by atoms with E-state index in [1.54, 1.807) is 12.1 Å². The maximum atomic E-state index is 12.3. The predicted molar refractivity (Wildman–Crippen MR) is 73.7 cm³/mol. The number of esters is 1. The molecule has 3 nitrogen and oxygen atoms in total. The minimum absolute atomic E-state index is 0.205. The summed E-state index contributed by atoms with van der Waals surface area (Å²) in [6.07, 6.45) is 6.78. The van der Waals surface area contributed by atoms with Crippen LogP contribution in [0.2, 0.25) is 0 Å². The highest BCUT2D eigenvalue weighted by Crippen LogP contribution is 2.17. The summed E-state index contributed by atoms with van der Waals surface area (Å²) in [5.41, 5.74) is 1.60. The molecule has 19 heavy (non-hydrogen) atoms. The number of carbonyl (C=O) groups excluding carboxylic acids is 2. The van der Waals surface area contributed by atoms with E-state index in [2.05, 4.69) is 5.92 Å². The molecule has 1 aromatic rings. The van der Waals surface area contributed by atoms with E-state index in [0.717, 1.165) is 5.56 Å². The van der Waals surface area contributed by atoms with E-state index in [-0.39, 0.29) is 5.78 Å². The van der Waals surface area contributed by atoms with Crippen LogP contribution in [0.3, 0.4) is 0 Å². The first kappa shape index (κ1) is 15.0. The number of ketones is 1. The van der Waals surface area contributed by atoms with Gasteiger partial charge in [-0.2, -0.15) is 0 Å². The average Bonchev–Trinajstić information content (AvgIpc) is 2.43. The molecule has 1 atom stereocenters. The molecule has 0 saturated heterocycles. The van der Waals surface area contributed by atoms with Gasteiger partial charge in [0.05, 0.1) is 7.11 Å². The minimum Gasteiger partial charge on any atom is -0.468 e. The lowest BCUT2D eigenvalue weighted by atomic mass is 9.92. The fourth-order valence-electron chi connectivity index (χ4n) is 1.83. The van der Waals surface area contributed by atoms with Crippen molar-refractivity contribution in [3.63, 3.8) is 0 Å². The van der Waals surface area contributed by atoms with Crippen molar-refractivity contribution >= 4 is 11.8 Å². The standard InChI is InChI=1S/C16H18O3/c1-4-5-6-7-14(16(18)19-3)15(17)13-10-8-12(2)9-11-13/h1,8-11,14H,5-7H2,2-3H3. The summed E-state index contributed by atoms with van der Waals surface area (Å²) in [6.45, 7) is 1.94. The SMILES string of the molecule is C#CCCCC(C(=O)OC)C(=O)c1ccc(C)cc1. The summed E-state index contributed by atoms with van der Waals surface area (Å²) in [5.74, 6) is 1.04. The van der Waals surface area contributed by atoms with E-state index < -0.39 is 11.9 Å². The molecule has 0 spiro atoms. The Kier molecular flexibility index (Phi) is 5.81. The van der Waals surface area contributed by atoms with E-state index in [4.69, 9.17) is 11.2 Å². The number of hydrogen-bond acceptors (Lipinski definition) is 3. The molecule has 0 amide bonds. The molecule has 1 unspecified atom stereocenters. The lowest BCUT2D eigenvalue weighted by molar-refractivity contribution is -0.143. The third kappa shape index (κ3) is 4.26. The molecule has 0 fully saturated rings. The summed E-state index contributed by atoms with van der Waals surface area (Å²) >= 11 is 0. The Bertz CT molecular complexity index is 480. The van der Waals surface area contributed by atoms with Gasteiger partial charge in [0, 0.05) is 12.0 Å². The Hall–Kier alpha value is -2.08. The number of benzene rings is 1. The molecule has 0 radical (unpaired) electrons. The first-order valence-electron chi connectivity index (χ1n) is 6.22. The quantitative estimate of drug-likeness (QED) is 0.259. The average molecular weight is 258 g/mol. The number of hydrogen-bond donors (Lipinski definition) is 0. The van der Waals surface area contributed by atoms with Gasteiger partial charge in [0.2, 0.25) is 0 Å². The third-order valence-corrected chi connectivity index (χ3v) is 2.95. The van der Waals surface area contributed by atoms with E-state index in [0.29, 0.717) is 24.8 Å². The van der Waals surface area contributed by atoms with E-state index in [9.17, 15) is 9.59 Å². The second-order valence-electron chi connectivity index (χ2n) is 4.40. The molecule has 0 N–H and O–H groups in total. The summed E-state index contributed by atoms with van der Waals surface area (Å²) < 4.78 is 4.70. The summed E-state index contributed by atoms with van der Waals surface area (Å²) in [5, 5.41) is 0. The van der Waals surface area contributed by atoms with Crippen molar-refractivity contribution in [1.29, 1.82) is 0 Å². The maximum absolute atomic E-state index is 12.3. The molecule has 0 aliphatic heterocycles. The van der Waals surface area contributed by atoms with Crippen LogP contribution in [0, 0.1) is 25.2 Å². The molecule has 3 heteroatoms. The van der Waals surface area contributed by atoms with Crippen molar-refractivity contribution in [3.8, 4) is 12.3 Å². The number of rotatable bonds is 6. The zero-order valence-corrected chi connectivity index (χ0v) is 11.3.